The van der Waals surface area contributed by atoms with Crippen LogP contribution in [0.15, 0.2) is 11.4 Å². The highest BCUT2D eigenvalue weighted by Crippen LogP contribution is 2.20. The van der Waals surface area contributed by atoms with Crippen LogP contribution in [-0.4, -0.2) is 13.7 Å². The fraction of sp³-hybridized carbons (Fsp3) is 0.429. The second-order valence-corrected chi connectivity index (χ2v) is 3.06. The highest BCUT2D eigenvalue weighted by Gasteiger charge is 1.94. The zero-order chi connectivity index (χ0) is 7.40. The molecule has 0 atom stereocenters. The maximum Gasteiger partial charge on any atom is 0.0922 e. The first-order valence-electron chi connectivity index (χ1n) is 3.27. The molecule has 0 aromatic carbocycles. The van der Waals surface area contributed by atoms with E-state index in [0.717, 1.165) is 6.67 Å². The topological polar surface area (TPSA) is 24.1 Å². The summed E-state index contributed by atoms with van der Waals surface area (Å²) in [6.07, 6.45) is 0. The molecule has 0 fully saturated rings. The van der Waals surface area contributed by atoms with E-state index in [2.05, 4.69) is 29.0 Å². The van der Waals surface area contributed by atoms with Gasteiger partial charge in [0.25, 0.3) is 0 Å². The number of nitrogens with one attached hydrogen (secondary N) is 2. The van der Waals surface area contributed by atoms with E-state index < -0.39 is 0 Å². The average Bonchev–Trinajstić information content (AvgIpc) is 2.31. The lowest BCUT2D eigenvalue weighted by atomic mass is 10.4. The maximum absolute atomic E-state index is 3.25. The largest absolute Gasteiger partial charge is 0.364 e. The van der Waals surface area contributed by atoms with Crippen LogP contribution in [0.2, 0.25) is 0 Å². The van der Waals surface area contributed by atoms with Crippen molar-refractivity contribution in [2.45, 2.75) is 6.92 Å². The van der Waals surface area contributed by atoms with Crippen molar-refractivity contribution in [3.8, 4) is 0 Å². The van der Waals surface area contributed by atoms with Gasteiger partial charge in [-0.15, -0.1) is 11.3 Å². The monoisotopic (exact) mass is 156 g/mol. The van der Waals surface area contributed by atoms with E-state index in [9.17, 15) is 0 Å². The minimum Gasteiger partial charge on any atom is -0.364 e. The third-order valence-electron chi connectivity index (χ3n) is 1.29. The minimum atomic E-state index is 0.835. The van der Waals surface area contributed by atoms with E-state index in [1.165, 1.54) is 10.6 Å². The van der Waals surface area contributed by atoms with Crippen LogP contribution in [-0.2, 0) is 0 Å². The summed E-state index contributed by atoms with van der Waals surface area (Å²) >= 11 is 1.74. The van der Waals surface area contributed by atoms with Crippen molar-refractivity contribution in [1.29, 1.82) is 0 Å². The Labute approximate surface area is 65.3 Å². The zero-order valence-electron chi connectivity index (χ0n) is 6.27. The van der Waals surface area contributed by atoms with Crippen LogP contribution >= 0.6 is 11.3 Å². The molecule has 0 aliphatic carbocycles. The van der Waals surface area contributed by atoms with Gasteiger partial charge in [0, 0.05) is 0 Å². The van der Waals surface area contributed by atoms with Crippen LogP contribution < -0.4 is 10.6 Å². The lowest BCUT2D eigenvalue weighted by molar-refractivity contribution is 0.876. The predicted octanol–water partition coefficient (Wildman–Crippen LogP) is 1.65. The SMILES string of the molecule is CNCNc1sccc1C. The second-order valence-electron chi connectivity index (χ2n) is 2.14. The number of rotatable bonds is 3. The van der Waals surface area contributed by atoms with E-state index in [0.29, 0.717) is 0 Å². The van der Waals surface area contributed by atoms with Gasteiger partial charge in [-0.25, -0.2) is 0 Å². The lowest BCUT2D eigenvalue weighted by Crippen LogP contribution is -2.16. The highest BCUT2D eigenvalue weighted by molar-refractivity contribution is 7.14. The molecular weight excluding hydrogens is 144 g/mol. The zero-order valence-corrected chi connectivity index (χ0v) is 7.09. The molecular formula is C7H12N2S. The Morgan fingerprint density at radius 1 is 1.60 bits per heavy atom. The normalized spacial score (nSPS) is 9.80. The number of thiophene rings is 1. The van der Waals surface area contributed by atoms with Gasteiger partial charge in [0.05, 0.1) is 11.7 Å². The van der Waals surface area contributed by atoms with E-state index >= 15 is 0 Å². The van der Waals surface area contributed by atoms with Crippen molar-refractivity contribution in [3.05, 3.63) is 17.0 Å². The smallest absolute Gasteiger partial charge is 0.0922 e. The van der Waals surface area contributed by atoms with Gasteiger partial charge in [-0.1, -0.05) is 0 Å². The number of hydrogen-bond donors (Lipinski definition) is 2. The molecule has 1 heterocycles. The Morgan fingerprint density at radius 2 is 2.40 bits per heavy atom. The summed E-state index contributed by atoms with van der Waals surface area (Å²) in [5, 5.41) is 9.63. The molecule has 0 radical (unpaired) electrons. The van der Waals surface area contributed by atoms with Crippen LogP contribution in [0, 0.1) is 6.92 Å². The average molecular weight is 156 g/mol. The molecule has 1 aromatic rings. The molecule has 1 rings (SSSR count). The van der Waals surface area contributed by atoms with Gasteiger partial charge < -0.3 is 10.6 Å². The summed E-state index contributed by atoms with van der Waals surface area (Å²) < 4.78 is 0. The van der Waals surface area contributed by atoms with Crippen molar-refractivity contribution in [3.63, 3.8) is 0 Å². The van der Waals surface area contributed by atoms with Gasteiger partial charge in [0.1, 0.15) is 0 Å². The first-order chi connectivity index (χ1) is 4.84. The van der Waals surface area contributed by atoms with Crippen molar-refractivity contribution in [2.75, 3.05) is 19.0 Å². The molecule has 3 heteroatoms. The van der Waals surface area contributed by atoms with Crippen LogP contribution in [0.4, 0.5) is 5.00 Å². The van der Waals surface area contributed by atoms with Crippen molar-refractivity contribution >= 4 is 16.3 Å². The number of hydrogen-bond acceptors (Lipinski definition) is 3. The Kier molecular flexibility index (Phi) is 2.71. The lowest BCUT2D eigenvalue weighted by Gasteiger charge is -2.01. The molecule has 1 aromatic heterocycles. The minimum absolute atomic E-state index is 0.835. The molecule has 0 saturated carbocycles. The first-order valence-corrected chi connectivity index (χ1v) is 4.15. The first kappa shape index (κ1) is 7.57. The van der Waals surface area contributed by atoms with Crippen molar-refractivity contribution in [2.24, 2.45) is 0 Å². The van der Waals surface area contributed by atoms with Crippen molar-refractivity contribution in [1.82, 2.24) is 5.32 Å². The molecule has 0 amide bonds. The Bertz CT molecular complexity index is 195. The Morgan fingerprint density at radius 3 is 2.90 bits per heavy atom. The van der Waals surface area contributed by atoms with Crippen LogP contribution in [0.3, 0.4) is 0 Å². The van der Waals surface area contributed by atoms with Gasteiger partial charge in [-0.2, -0.15) is 0 Å². The quantitative estimate of drug-likeness (QED) is 0.650. The summed E-state index contributed by atoms with van der Waals surface area (Å²) in [6.45, 7) is 2.94. The molecule has 2 nitrogen and oxygen atoms in total. The van der Waals surface area contributed by atoms with Gasteiger partial charge in [-0.3, -0.25) is 0 Å². The van der Waals surface area contributed by atoms with Crippen LogP contribution in [0.1, 0.15) is 5.56 Å². The van der Waals surface area contributed by atoms with E-state index in [1.807, 2.05) is 7.05 Å². The molecule has 0 spiro atoms. The van der Waals surface area contributed by atoms with Gasteiger partial charge in [-0.05, 0) is 31.0 Å². The van der Waals surface area contributed by atoms with Crippen LogP contribution in [0.25, 0.3) is 0 Å². The number of aryl methyl sites for hydroxylation is 1. The molecule has 0 aliphatic rings. The summed E-state index contributed by atoms with van der Waals surface area (Å²) in [7, 11) is 1.93. The fourth-order valence-electron chi connectivity index (χ4n) is 0.723. The van der Waals surface area contributed by atoms with Gasteiger partial charge >= 0.3 is 0 Å². The molecule has 0 bridgehead atoms. The summed E-state index contributed by atoms with van der Waals surface area (Å²) in [4.78, 5) is 0. The van der Waals surface area contributed by atoms with E-state index in [-0.39, 0.29) is 0 Å². The van der Waals surface area contributed by atoms with Gasteiger partial charge in [0.2, 0.25) is 0 Å². The Balaban J connectivity index is 2.49. The fourth-order valence-corrected chi connectivity index (χ4v) is 1.54. The predicted molar refractivity (Wildman–Crippen MR) is 46.6 cm³/mol. The third-order valence-corrected chi connectivity index (χ3v) is 2.26. The summed E-state index contributed by atoms with van der Waals surface area (Å²) in [5.41, 5.74) is 1.32. The number of anilines is 1. The second kappa shape index (κ2) is 3.58. The van der Waals surface area contributed by atoms with Gasteiger partial charge in [0.15, 0.2) is 0 Å². The molecule has 2 N–H and O–H groups in total. The van der Waals surface area contributed by atoms with Crippen LogP contribution in [0.5, 0.6) is 0 Å². The molecule has 0 unspecified atom stereocenters. The molecule has 0 aliphatic heterocycles. The molecule has 0 saturated heterocycles. The summed E-state index contributed by atoms with van der Waals surface area (Å²) in [6, 6.07) is 2.11. The van der Waals surface area contributed by atoms with E-state index in [1.54, 1.807) is 11.3 Å². The van der Waals surface area contributed by atoms with E-state index in [4.69, 9.17) is 0 Å². The maximum atomic E-state index is 3.25. The third kappa shape index (κ3) is 1.72. The standard InChI is InChI=1S/C7H12N2S/c1-6-3-4-10-7(6)9-5-8-2/h3-4,8-9H,5H2,1-2H3. The summed E-state index contributed by atoms with van der Waals surface area (Å²) in [5.74, 6) is 0. The Hall–Kier alpha value is -0.540. The highest BCUT2D eigenvalue weighted by atomic mass is 32.1. The molecule has 56 valence electrons. The van der Waals surface area contributed by atoms with Crippen molar-refractivity contribution < 1.29 is 0 Å². The molecule has 10 heavy (non-hydrogen) atoms.